The van der Waals surface area contributed by atoms with Crippen LogP contribution < -0.4 is 0 Å². The third kappa shape index (κ3) is 5.58. The van der Waals surface area contributed by atoms with Crippen LogP contribution in [0.1, 0.15) is 33.6 Å². The van der Waals surface area contributed by atoms with Gasteiger partial charge in [-0.2, -0.15) is 0 Å². The molecule has 0 radical (unpaired) electrons. The van der Waals surface area contributed by atoms with Crippen LogP contribution in [0.4, 0.5) is 0 Å². The molecule has 0 saturated heterocycles. The normalized spacial score (nSPS) is 16.0. The van der Waals surface area contributed by atoms with E-state index in [0.717, 1.165) is 12.8 Å². The molecule has 0 rings (SSSR count). The Hall–Kier alpha value is -0.630. The smallest absolute Gasteiger partial charge is 0.152 e. The van der Waals surface area contributed by atoms with Crippen molar-refractivity contribution >= 4 is 5.78 Å². The number of carbonyl (C=O) groups is 1. The van der Waals surface area contributed by atoms with Gasteiger partial charge in [0.05, 0.1) is 6.10 Å². The van der Waals surface area contributed by atoms with E-state index in [1.54, 1.807) is 20.1 Å². The Bertz CT molecular complexity index is 173. The van der Waals surface area contributed by atoms with E-state index in [-0.39, 0.29) is 11.9 Å². The maximum atomic E-state index is 10.7. The highest BCUT2D eigenvalue weighted by molar-refractivity contribution is 5.87. The molecule has 0 aromatic rings. The summed E-state index contributed by atoms with van der Waals surface area (Å²) in [5, 5.41) is 0. The molecule has 2 nitrogen and oxygen atoms in total. The molecular weight excluding hydrogens is 164 g/mol. The Morgan fingerprint density at radius 1 is 1.54 bits per heavy atom. The van der Waals surface area contributed by atoms with Gasteiger partial charge in [0.15, 0.2) is 5.78 Å². The quantitative estimate of drug-likeness (QED) is 0.593. The van der Waals surface area contributed by atoms with Crippen molar-refractivity contribution in [2.75, 3.05) is 7.11 Å². The van der Waals surface area contributed by atoms with Crippen LogP contribution in [0, 0.1) is 5.92 Å². The highest BCUT2D eigenvalue weighted by Crippen LogP contribution is 2.14. The van der Waals surface area contributed by atoms with E-state index in [1.807, 2.05) is 6.08 Å². The molecule has 0 heterocycles. The molecule has 0 N–H and O–H groups in total. The third-order valence-corrected chi connectivity index (χ3v) is 2.10. The zero-order chi connectivity index (χ0) is 10.3. The summed E-state index contributed by atoms with van der Waals surface area (Å²) >= 11 is 0. The lowest BCUT2D eigenvalue weighted by atomic mass is 9.99. The molecule has 76 valence electrons. The summed E-state index contributed by atoms with van der Waals surface area (Å²) in [5.74, 6) is 0.552. The summed E-state index contributed by atoms with van der Waals surface area (Å²) < 4.78 is 5.28. The van der Waals surface area contributed by atoms with Gasteiger partial charge in [-0.05, 0) is 25.3 Å². The second-order valence-electron chi connectivity index (χ2n) is 3.44. The molecule has 0 saturated carbocycles. The van der Waals surface area contributed by atoms with Crippen LogP contribution in [-0.4, -0.2) is 19.0 Å². The number of hydrogen-bond donors (Lipinski definition) is 0. The van der Waals surface area contributed by atoms with Crippen LogP contribution in [-0.2, 0) is 9.53 Å². The average Bonchev–Trinajstić information content (AvgIpc) is 2.05. The van der Waals surface area contributed by atoms with Crippen molar-refractivity contribution in [3.63, 3.8) is 0 Å². The lowest BCUT2D eigenvalue weighted by Crippen LogP contribution is -2.17. The van der Waals surface area contributed by atoms with Gasteiger partial charge in [0, 0.05) is 7.11 Å². The second kappa shape index (κ2) is 6.84. The minimum Gasteiger partial charge on any atom is -0.377 e. The molecule has 0 aliphatic rings. The van der Waals surface area contributed by atoms with Crippen LogP contribution in [0.3, 0.4) is 0 Å². The van der Waals surface area contributed by atoms with E-state index in [4.69, 9.17) is 4.74 Å². The molecule has 0 aromatic heterocycles. The van der Waals surface area contributed by atoms with E-state index in [9.17, 15) is 4.79 Å². The fourth-order valence-electron chi connectivity index (χ4n) is 1.35. The van der Waals surface area contributed by atoms with E-state index in [1.165, 1.54) is 0 Å². The minimum absolute atomic E-state index is 0.0730. The van der Waals surface area contributed by atoms with Gasteiger partial charge in [-0.3, -0.25) is 4.79 Å². The largest absolute Gasteiger partial charge is 0.377 e. The Morgan fingerprint density at radius 3 is 2.54 bits per heavy atom. The first-order valence-corrected chi connectivity index (χ1v) is 4.83. The van der Waals surface area contributed by atoms with Gasteiger partial charge in [0.2, 0.25) is 0 Å². The molecule has 0 aromatic carbocycles. The van der Waals surface area contributed by atoms with Crippen molar-refractivity contribution in [2.24, 2.45) is 5.92 Å². The molecule has 0 aliphatic carbocycles. The predicted octanol–water partition coefficient (Wildman–Crippen LogP) is 2.58. The molecule has 0 bridgehead atoms. The molecule has 13 heavy (non-hydrogen) atoms. The van der Waals surface area contributed by atoms with Crippen LogP contribution in [0.2, 0.25) is 0 Å². The fourth-order valence-corrected chi connectivity index (χ4v) is 1.35. The van der Waals surface area contributed by atoms with Gasteiger partial charge in [0.25, 0.3) is 0 Å². The van der Waals surface area contributed by atoms with Crippen molar-refractivity contribution in [1.82, 2.24) is 0 Å². The number of rotatable bonds is 6. The van der Waals surface area contributed by atoms with Gasteiger partial charge < -0.3 is 4.74 Å². The molecule has 0 fully saturated rings. The van der Waals surface area contributed by atoms with Crippen molar-refractivity contribution in [3.05, 3.63) is 12.2 Å². The summed E-state index contributed by atoms with van der Waals surface area (Å²) in [6.07, 6.45) is 5.78. The Labute approximate surface area is 81.0 Å². The molecule has 0 spiro atoms. The number of ether oxygens (including phenoxy) is 1. The fraction of sp³-hybridized carbons (Fsp3) is 0.727. The number of ketones is 1. The monoisotopic (exact) mass is 184 g/mol. The standard InChI is InChI=1S/C11H20O2/c1-5-6-9(2)11(13-4)8-7-10(3)12/h7-9,11H,5-6H2,1-4H3/b8-7+. The van der Waals surface area contributed by atoms with Gasteiger partial charge >= 0.3 is 0 Å². The Kier molecular flexibility index (Phi) is 6.51. The van der Waals surface area contributed by atoms with E-state index < -0.39 is 0 Å². The van der Waals surface area contributed by atoms with Gasteiger partial charge in [-0.15, -0.1) is 0 Å². The lowest BCUT2D eigenvalue weighted by molar-refractivity contribution is -0.112. The van der Waals surface area contributed by atoms with Crippen molar-refractivity contribution in [1.29, 1.82) is 0 Å². The molecule has 2 heteroatoms. The highest BCUT2D eigenvalue weighted by Gasteiger charge is 2.12. The van der Waals surface area contributed by atoms with Crippen LogP contribution >= 0.6 is 0 Å². The third-order valence-electron chi connectivity index (χ3n) is 2.10. The zero-order valence-electron chi connectivity index (χ0n) is 9.04. The van der Waals surface area contributed by atoms with E-state index >= 15 is 0 Å². The average molecular weight is 184 g/mol. The molecular formula is C11H20O2. The lowest BCUT2D eigenvalue weighted by Gasteiger charge is -2.18. The van der Waals surface area contributed by atoms with Gasteiger partial charge in [-0.25, -0.2) is 0 Å². The summed E-state index contributed by atoms with van der Waals surface area (Å²) in [6, 6.07) is 0. The first-order valence-electron chi connectivity index (χ1n) is 4.83. The number of methoxy groups -OCH3 is 1. The van der Waals surface area contributed by atoms with Gasteiger partial charge in [0.1, 0.15) is 0 Å². The summed E-state index contributed by atoms with van der Waals surface area (Å²) in [7, 11) is 1.68. The maximum Gasteiger partial charge on any atom is 0.152 e. The van der Waals surface area contributed by atoms with Gasteiger partial charge in [-0.1, -0.05) is 26.3 Å². The molecule has 2 unspecified atom stereocenters. The van der Waals surface area contributed by atoms with Crippen LogP contribution in [0.15, 0.2) is 12.2 Å². The first kappa shape index (κ1) is 12.4. The zero-order valence-corrected chi connectivity index (χ0v) is 9.04. The SMILES string of the molecule is CCCC(C)C(/C=C/C(C)=O)OC. The maximum absolute atomic E-state index is 10.7. The summed E-state index contributed by atoms with van der Waals surface area (Å²) in [4.78, 5) is 10.7. The Balaban J connectivity index is 4.08. The topological polar surface area (TPSA) is 26.3 Å². The number of allylic oxidation sites excluding steroid dienone is 1. The highest BCUT2D eigenvalue weighted by atomic mass is 16.5. The second-order valence-corrected chi connectivity index (χ2v) is 3.44. The first-order chi connectivity index (χ1) is 6.11. The number of hydrogen-bond acceptors (Lipinski definition) is 2. The van der Waals surface area contributed by atoms with Crippen molar-refractivity contribution < 1.29 is 9.53 Å². The van der Waals surface area contributed by atoms with Crippen molar-refractivity contribution in [2.45, 2.75) is 39.7 Å². The van der Waals surface area contributed by atoms with Crippen LogP contribution in [0.5, 0.6) is 0 Å². The summed E-state index contributed by atoms with van der Waals surface area (Å²) in [5.41, 5.74) is 0. The number of carbonyl (C=O) groups excluding carboxylic acids is 1. The van der Waals surface area contributed by atoms with E-state index in [0.29, 0.717) is 5.92 Å². The molecule has 2 atom stereocenters. The van der Waals surface area contributed by atoms with E-state index in [2.05, 4.69) is 13.8 Å². The molecule has 0 aliphatic heterocycles. The predicted molar refractivity (Wildman–Crippen MR) is 54.7 cm³/mol. The van der Waals surface area contributed by atoms with Crippen molar-refractivity contribution in [3.8, 4) is 0 Å². The Morgan fingerprint density at radius 2 is 2.15 bits per heavy atom. The minimum atomic E-state index is 0.0730. The van der Waals surface area contributed by atoms with Crippen LogP contribution in [0.25, 0.3) is 0 Å². The molecule has 0 amide bonds. The summed E-state index contributed by atoms with van der Waals surface area (Å²) in [6.45, 7) is 5.84.